The first kappa shape index (κ1) is 15.1. The van der Waals surface area contributed by atoms with Crippen molar-refractivity contribution in [2.75, 3.05) is 33.3 Å². The van der Waals surface area contributed by atoms with Crippen molar-refractivity contribution in [3.63, 3.8) is 0 Å². The van der Waals surface area contributed by atoms with Gasteiger partial charge in [0.25, 0.3) is 0 Å². The van der Waals surface area contributed by atoms with Crippen LogP contribution in [0, 0.1) is 0 Å². The number of rotatable bonds is 7. The van der Waals surface area contributed by atoms with Gasteiger partial charge in [-0.1, -0.05) is 0 Å². The normalized spacial score (nSPS) is 9.89. The Morgan fingerprint density at radius 2 is 1.74 bits per heavy atom. The van der Waals surface area contributed by atoms with E-state index in [1.54, 1.807) is 12.1 Å². The minimum absolute atomic E-state index is 0.0112. The van der Waals surface area contributed by atoms with Crippen LogP contribution in [-0.4, -0.2) is 38.9 Å². The molecule has 106 valence electrons. The third-order valence-corrected chi connectivity index (χ3v) is 2.51. The molecule has 0 atom stereocenters. The zero-order valence-corrected chi connectivity index (χ0v) is 11.4. The van der Waals surface area contributed by atoms with E-state index in [1.807, 2.05) is 0 Å². The van der Waals surface area contributed by atoms with Crippen LogP contribution in [0.4, 0.5) is 5.69 Å². The number of anilines is 1. The second-order valence-corrected chi connectivity index (χ2v) is 3.79. The largest absolute Gasteiger partial charge is 0.493 e. The Morgan fingerprint density at radius 3 is 2.16 bits per heavy atom. The molecule has 0 aliphatic carbocycles. The maximum atomic E-state index is 11.6. The summed E-state index contributed by atoms with van der Waals surface area (Å²) in [7, 11) is 4.53. The minimum atomic E-state index is -0.177. The summed E-state index contributed by atoms with van der Waals surface area (Å²) in [5, 5.41) is 11.4. The summed E-state index contributed by atoms with van der Waals surface area (Å²) in [6.07, 6.45) is 0.684. The van der Waals surface area contributed by atoms with Crippen molar-refractivity contribution in [1.29, 1.82) is 0 Å². The predicted molar refractivity (Wildman–Crippen MR) is 71.0 cm³/mol. The third-order valence-electron chi connectivity index (χ3n) is 2.51. The molecule has 19 heavy (non-hydrogen) atoms. The molecule has 1 amide bonds. The van der Waals surface area contributed by atoms with E-state index in [-0.39, 0.29) is 18.9 Å². The van der Waals surface area contributed by atoms with E-state index in [4.69, 9.17) is 19.3 Å². The highest BCUT2D eigenvalue weighted by Gasteiger charge is 2.14. The number of nitrogens with one attached hydrogen (secondary N) is 1. The monoisotopic (exact) mass is 269 g/mol. The van der Waals surface area contributed by atoms with E-state index < -0.39 is 0 Å². The van der Waals surface area contributed by atoms with Crippen molar-refractivity contribution < 1.29 is 24.1 Å². The van der Waals surface area contributed by atoms with Gasteiger partial charge in [-0.25, -0.2) is 0 Å². The number of aliphatic hydroxyl groups is 1. The molecular formula is C13H19NO5. The maximum absolute atomic E-state index is 11.6. The van der Waals surface area contributed by atoms with Crippen molar-refractivity contribution >= 4 is 11.6 Å². The molecule has 1 aromatic carbocycles. The molecule has 0 radical (unpaired) electrons. The Labute approximate surface area is 112 Å². The third kappa shape index (κ3) is 4.03. The van der Waals surface area contributed by atoms with Crippen molar-refractivity contribution in [1.82, 2.24) is 0 Å². The quantitative estimate of drug-likeness (QED) is 0.783. The fourth-order valence-corrected chi connectivity index (χ4v) is 1.62. The number of hydrogen-bond acceptors (Lipinski definition) is 5. The van der Waals surface area contributed by atoms with Crippen LogP contribution in [0.1, 0.15) is 12.8 Å². The molecule has 0 fully saturated rings. The van der Waals surface area contributed by atoms with Crippen LogP contribution in [0.3, 0.4) is 0 Å². The van der Waals surface area contributed by atoms with Crippen LogP contribution in [0.2, 0.25) is 0 Å². The maximum Gasteiger partial charge on any atom is 0.224 e. The summed E-state index contributed by atoms with van der Waals surface area (Å²) in [5.74, 6) is 1.24. The lowest BCUT2D eigenvalue weighted by Gasteiger charge is -2.14. The van der Waals surface area contributed by atoms with Crippen molar-refractivity contribution in [3.8, 4) is 17.2 Å². The molecule has 1 aromatic rings. The van der Waals surface area contributed by atoms with Gasteiger partial charge in [-0.2, -0.15) is 0 Å². The molecule has 0 saturated carbocycles. The smallest absolute Gasteiger partial charge is 0.224 e. The summed E-state index contributed by atoms with van der Waals surface area (Å²) < 4.78 is 15.6. The summed E-state index contributed by atoms with van der Waals surface area (Å²) in [6, 6.07) is 3.30. The number of aliphatic hydroxyl groups excluding tert-OH is 1. The summed E-state index contributed by atoms with van der Waals surface area (Å²) >= 11 is 0. The van der Waals surface area contributed by atoms with Gasteiger partial charge < -0.3 is 24.6 Å². The van der Waals surface area contributed by atoms with Crippen LogP contribution >= 0.6 is 0 Å². The molecule has 0 heterocycles. The highest BCUT2D eigenvalue weighted by Crippen LogP contribution is 2.39. The number of carbonyl (C=O) groups is 1. The molecule has 6 nitrogen and oxygen atoms in total. The van der Waals surface area contributed by atoms with Crippen LogP contribution in [0.25, 0.3) is 0 Å². The van der Waals surface area contributed by atoms with Crippen LogP contribution < -0.4 is 19.5 Å². The molecule has 0 spiro atoms. The highest BCUT2D eigenvalue weighted by molar-refractivity contribution is 5.91. The Bertz CT molecular complexity index is 408. The first-order valence-electron chi connectivity index (χ1n) is 5.87. The molecule has 0 saturated heterocycles. The second-order valence-electron chi connectivity index (χ2n) is 3.79. The predicted octanol–water partition coefficient (Wildman–Crippen LogP) is 1.42. The van der Waals surface area contributed by atoms with Gasteiger partial charge >= 0.3 is 0 Å². The standard InChI is InChI=1S/C13H19NO5/c1-17-10-7-9(14-12(16)5-4-6-15)8-11(18-2)13(10)19-3/h7-8,15H,4-6H2,1-3H3,(H,14,16). The Kier molecular flexibility index (Phi) is 5.95. The van der Waals surface area contributed by atoms with E-state index in [9.17, 15) is 4.79 Å². The molecule has 0 aliphatic rings. The van der Waals surface area contributed by atoms with E-state index in [1.165, 1.54) is 21.3 Å². The molecule has 0 unspecified atom stereocenters. The second kappa shape index (κ2) is 7.48. The van der Waals surface area contributed by atoms with Gasteiger partial charge in [-0.15, -0.1) is 0 Å². The lowest BCUT2D eigenvalue weighted by Crippen LogP contribution is -2.12. The number of benzene rings is 1. The van der Waals surface area contributed by atoms with Gasteiger partial charge in [0.2, 0.25) is 11.7 Å². The van der Waals surface area contributed by atoms with Gasteiger partial charge in [0.1, 0.15) is 0 Å². The number of ether oxygens (including phenoxy) is 3. The lowest BCUT2D eigenvalue weighted by molar-refractivity contribution is -0.116. The summed E-state index contributed by atoms with van der Waals surface area (Å²) in [6.45, 7) is -0.0112. The highest BCUT2D eigenvalue weighted by atomic mass is 16.5. The average molecular weight is 269 g/mol. The van der Waals surface area contributed by atoms with Gasteiger partial charge in [0, 0.05) is 30.8 Å². The number of amides is 1. The molecular weight excluding hydrogens is 250 g/mol. The molecule has 0 aromatic heterocycles. The van der Waals surface area contributed by atoms with Crippen LogP contribution in [0.5, 0.6) is 17.2 Å². The van der Waals surface area contributed by atoms with Crippen molar-refractivity contribution in [2.24, 2.45) is 0 Å². The Morgan fingerprint density at radius 1 is 1.16 bits per heavy atom. The van der Waals surface area contributed by atoms with Gasteiger partial charge in [0.05, 0.1) is 21.3 Å². The zero-order chi connectivity index (χ0) is 14.3. The van der Waals surface area contributed by atoms with E-state index in [2.05, 4.69) is 5.32 Å². The summed E-state index contributed by atoms with van der Waals surface area (Å²) in [4.78, 5) is 11.6. The van der Waals surface area contributed by atoms with E-state index in [0.717, 1.165) is 0 Å². The number of hydrogen-bond donors (Lipinski definition) is 2. The van der Waals surface area contributed by atoms with Crippen LogP contribution in [-0.2, 0) is 4.79 Å². The fraction of sp³-hybridized carbons (Fsp3) is 0.462. The SMILES string of the molecule is COc1cc(NC(=O)CCCO)cc(OC)c1OC. The number of methoxy groups -OCH3 is 3. The van der Waals surface area contributed by atoms with E-state index in [0.29, 0.717) is 29.4 Å². The minimum Gasteiger partial charge on any atom is -0.493 e. The van der Waals surface area contributed by atoms with Gasteiger partial charge in [-0.05, 0) is 6.42 Å². The molecule has 0 aliphatic heterocycles. The first-order valence-corrected chi connectivity index (χ1v) is 5.87. The molecule has 1 rings (SSSR count). The topological polar surface area (TPSA) is 77.0 Å². The number of carbonyl (C=O) groups excluding carboxylic acids is 1. The molecule has 0 bridgehead atoms. The Hall–Kier alpha value is -1.95. The van der Waals surface area contributed by atoms with Gasteiger partial charge in [0.15, 0.2) is 11.5 Å². The zero-order valence-electron chi connectivity index (χ0n) is 11.4. The lowest BCUT2D eigenvalue weighted by atomic mass is 10.2. The first-order chi connectivity index (χ1) is 9.15. The summed E-state index contributed by atoms with van der Waals surface area (Å²) in [5.41, 5.74) is 0.553. The fourth-order valence-electron chi connectivity index (χ4n) is 1.62. The van der Waals surface area contributed by atoms with Crippen molar-refractivity contribution in [2.45, 2.75) is 12.8 Å². The Balaban J connectivity index is 2.93. The van der Waals surface area contributed by atoms with E-state index >= 15 is 0 Å². The molecule has 6 heteroatoms. The van der Waals surface area contributed by atoms with Gasteiger partial charge in [-0.3, -0.25) is 4.79 Å². The molecule has 2 N–H and O–H groups in total. The average Bonchev–Trinajstić information content (AvgIpc) is 2.43. The van der Waals surface area contributed by atoms with Crippen molar-refractivity contribution in [3.05, 3.63) is 12.1 Å². The van der Waals surface area contributed by atoms with Crippen LogP contribution in [0.15, 0.2) is 12.1 Å².